The maximum Gasteiger partial charge on any atom is 0.387 e. The zero-order chi connectivity index (χ0) is 16.5. The monoisotopic (exact) mass is 315 g/mol. The first kappa shape index (κ1) is 17.9. The van der Waals surface area contributed by atoms with Gasteiger partial charge in [0.15, 0.2) is 0 Å². The summed E-state index contributed by atoms with van der Waals surface area (Å²) < 4.78 is 28.2. The molecule has 0 saturated carbocycles. The van der Waals surface area contributed by atoms with Gasteiger partial charge in [0.25, 0.3) is 0 Å². The van der Waals surface area contributed by atoms with Crippen molar-refractivity contribution >= 4 is 11.9 Å². The predicted octanol–water partition coefficient (Wildman–Crippen LogP) is 2.59. The van der Waals surface area contributed by atoms with Crippen molar-refractivity contribution in [3.63, 3.8) is 0 Å². The summed E-state index contributed by atoms with van der Waals surface area (Å²) in [4.78, 5) is 22.6. The standard InChI is InChI=1S/C15H19F2NO4/c1-2-3-11(9-14(20)21)18-13(19)8-10-4-6-12(7-5-10)22-15(16)17/h4-7,11,15H,2-3,8-9H2,1H3,(H,18,19)(H,20,21)/t11-/m1/s1. The minimum Gasteiger partial charge on any atom is -0.481 e. The van der Waals surface area contributed by atoms with Crippen molar-refractivity contribution in [2.75, 3.05) is 0 Å². The molecule has 0 bridgehead atoms. The summed E-state index contributed by atoms with van der Waals surface area (Å²) >= 11 is 0. The van der Waals surface area contributed by atoms with Gasteiger partial charge in [0, 0.05) is 6.04 Å². The molecule has 0 aliphatic rings. The number of carbonyl (C=O) groups is 2. The molecule has 22 heavy (non-hydrogen) atoms. The zero-order valence-electron chi connectivity index (χ0n) is 12.2. The lowest BCUT2D eigenvalue weighted by molar-refractivity contribution is -0.137. The molecule has 1 aromatic rings. The van der Waals surface area contributed by atoms with Crippen LogP contribution in [0.4, 0.5) is 8.78 Å². The van der Waals surface area contributed by atoms with Crippen molar-refractivity contribution in [2.45, 2.75) is 45.3 Å². The van der Waals surface area contributed by atoms with E-state index in [9.17, 15) is 18.4 Å². The lowest BCUT2D eigenvalue weighted by atomic mass is 10.1. The number of hydrogen-bond acceptors (Lipinski definition) is 3. The number of nitrogens with one attached hydrogen (secondary N) is 1. The van der Waals surface area contributed by atoms with Gasteiger partial charge >= 0.3 is 12.6 Å². The number of carboxylic acid groups (broad SMARTS) is 1. The van der Waals surface area contributed by atoms with Crippen LogP contribution in [0.25, 0.3) is 0 Å². The maximum absolute atomic E-state index is 12.0. The third-order valence-electron chi connectivity index (χ3n) is 2.94. The van der Waals surface area contributed by atoms with E-state index in [1.54, 1.807) is 0 Å². The van der Waals surface area contributed by atoms with Crippen LogP contribution in [0.15, 0.2) is 24.3 Å². The molecule has 5 nitrogen and oxygen atoms in total. The second-order valence-electron chi connectivity index (χ2n) is 4.85. The molecule has 0 heterocycles. The predicted molar refractivity (Wildman–Crippen MR) is 75.9 cm³/mol. The smallest absolute Gasteiger partial charge is 0.387 e. The Balaban J connectivity index is 2.54. The number of halogens is 2. The minimum absolute atomic E-state index is 0.0221. The molecule has 0 radical (unpaired) electrons. The van der Waals surface area contributed by atoms with E-state index < -0.39 is 18.6 Å². The molecule has 122 valence electrons. The van der Waals surface area contributed by atoms with Gasteiger partial charge in [-0.05, 0) is 24.1 Å². The summed E-state index contributed by atoms with van der Waals surface area (Å²) in [6.45, 7) is -0.983. The molecule has 0 spiro atoms. The Morgan fingerprint density at radius 3 is 2.41 bits per heavy atom. The van der Waals surface area contributed by atoms with Crippen molar-refractivity contribution in [2.24, 2.45) is 0 Å². The second-order valence-corrected chi connectivity index (χ2v) is 4.85. The third-order valence-corrected chi connectivity index (χ3v) is 2.94. The summed E-state index contributed by atoms with van der Waals surface area (Å²) in [5.41, 5.74) is 0.629. The van der Waals surface area contributed by atoms with Gasteiger partial charge in [-0.3, -0.25) is 9.59 Å². The number of amides is 1. The molecule has 1 atom stereocenters. The summed E-state index contributed by atoms with van der Waals surface area (Å²) in [7, 11) is 0. The maximum atomic E-state index is 12.0. The Bertz CT molecular complexity index is 491. The van der Waals surface area contributed by atoms with Crippen LogP contribution < -0.4 is 10.1 Å². The van der Waals surface area contributed by atoms with E-state index in [4.69, 9.17) is 5.11 Å². The average molecular weight is 315 g/mol. The highest BCUT2D eigenvalue weighted by molar-refractivity contribution is 5.79. The van der Waals surface area contributed by atoms with Crippen molar-refractivity contribution < 1.29 is 28.2 Å². The largest absolute Gasteiger partial charge is 0.481 e. The fourth-order valence-corrected chi connectivity index (χ4v) is 2.04. The van der Waals surface area contributed by atoms with Crippen LogP contribution in [-0.4, -0.2) is 29.6 Å². The third kappa shape index (κ3) is 7.01. The summed E-state index contributed by atoms with van der Waals surface area (Å²) in [6, 6.07) is 5.34. The van der Waals surface area contributed by atoms with Crippen LogP contribution in [0.5, 0.6) is 5.75 Å². The average Bonchev–Trinajstić information content (AvgIpc) is 2.40. The normalized spacial score (nSPS) is 12.0. The number of rotatable bonds is 9. The molecule has 0 aliphatic carbocycles. The summed E-state index contributed by atoms with van der Waals surface area (Å²) in [6.07, 6.45) is 1.27. The van der Waals surface area contributed by atoms with Crippen molar-refractivity contribution in [1.82, 2.24) is 5.32 Å². The topological polar surface area (TPSA) is 75.6 Å². The fraction of sp³-hybridized carbons (Fsp3) is 0.467. The number of carbonyl (C=O) groups excluding carboxylic acids is 1. The van der Waals surface area contributed by atoms with Gasteiger partial charge < -0.3 is 15.2 Å². The van der Waals surface area contributed by atoms with E-state index in [-0.39, 0.29) is 24.5 Å². The van der Waals surface area contributed by atoms with Gasteiger partial charge in [-0.2, -0.15) is 8.78 Å². The SMILES string of the molecule is CCC[C@H](CC(=O)O)NC(=O)Cc1ccc(OC(F)F)cc1. The van der Waals surface area contributed by atoms with Gasteiger partial charge in [-0.1, -0.05) is 25.5 Å². The van der Waals surface area contributed by atoms with Crippen LogP contribution in [0.3, 0.4) is 0 Å². The Hall–Kier alpha value is -2.18. The van der Waals surface area contributed by atoms with Crippen LogP contribution in [0.2, 0.25) is 0 Å². The van der Waals surface area contributed by atoms with Crippen molar-refractivity contribution in [1.29, 1.82) is 0 Å². The molecule has 0 fully saturated rings. The molecule has 1 aromatic carbocycles. The first-order chi connectivity index (χ1) is 10.4. The number of aliphatic carboxylic acids is 1. The lowest BCUT2D eigenvalue weighted by Gasteiger charge is -2.16. The molecule has 0 aromatic heterocycles. The number of hydrogen-bond donors (Lipinski definition) is 2. The van der Waals surface area contributed by atoms with Gasteiger partial charge in [0.1, 0.15) is 5.75 Å². The Morgan fingerprint density at radius 2 is 1.91 bits per heavy atom. The second kappa shape index (κ2) is 8.96. The molecular weight excluding hydrogens is 296 g/mol. The van der Waals surface area contributed by atoms with Gasteiger partial charge in [0.05, 0.1) is 12.8 Å². The number of carboxylic acids is 1. The van der Waals surface area contributed by atoms with Gasteiger partial charge in [-0.15, -0.1) is 0 Å². The molecule has 0 aliphatic heterocycles. The highest BCUT2D eigenvalue weighted by Crippen LogP contribution is 2.15. The highest BCUT2D eigenvalue weighted by atomic mass is 19.3. The Labute approximate surface area is 127 Å². The van der Waals surface area contributed by atoms with Gasteiger partial charge in [-0.25, -0.2) is 0 Å². The minimum atomic E-state index is -2.89. The molecule has 0 saturated heterocycles. The summed E-state index contributed by atoms with van der Waals surface area (Å²) in [5, 5.41) is 11.5. The van der Waals surface area contributed by atoms with Crippen molar-refractivity contribution in [3.8, 4) is 5.75 Å². The Kier molecular flexibility index (Phi) is 7.28. The molecule has 0 unspecified atom stereocenters. The number of benzene rings is 1. The van der Waals surface area contributed by atoms with Crippen LogP contribution in [0, 0.1) is 0 Å². The molecule has 1 amide bonds. The van der Waals surface area contributed by atoms with Gasteiger partial charge in [0.2, 0.25) is 5.91 Å². The number of alkyl halides is 2. The van der Waals surface area contributed by atoms with E-state index in [0.29, 0.717) is 12.0 Å². The first-order valence-electron chi connectivity index (χ1n) is 6.95. The van der Waals surface area contributed by atoms with E-state index in [1.807, 2.05) is 6.92 Å². The quantitative estimate of drug-likeness (QED) is 0.734. The lowest BCUT2D eigenvalue weighted by Crippen LogP contribution is -2.37. The molecular formula is C15H19F2NO4. The van der Waals surface area contributed by atoms with E-state index >= 15 is 0 Å². The van der Waals surface area contributed by atoms with E-state index in [1.165, 1.54) is 24.3 Å². The Morgan fingerprint density at radius 1 is 1.27 bits per heavy atom. The number of ether oxygens (including phenoxy) is 1. The van der Waals surface area contributed by atoms with Crippen LogP contribution >= 0.6 is 0 Å². The van der Waals surface area contributed by atoms with Crippen molar-refractivity contribution in [3.05, 3.63) is 29.8 Å². The zero-order valence-corrected chi connectivity index (χ0v) is 12.2. The first-order valence-corrected chi connectivity index (χ1v) is 6.95. The molecule has 1 rings (SSSR count). The molecule has 2 N–H and O–H groups in total. The highest BCUT2D eigenvalue weighted by Gasteiger charge is 2.15. The summed E-state index contributed by atoms with van der Waals surface area (Å²) in [5.74, 6) is -1.25. The van der Waals surface area contributed by atoms with Crippen LogP contribution in [0.1, 0.15) is 31.7 Å². The van der Waals surface area contributed by atoms with E-state index in [0.717, 1.165) is 6.42 Å². The fourth-order valence-electron chi connectivity index (χ4n) is 2.04. The van der Waals surface area contributed by atoms with Crippen LogP contribution in [-0.2, 0) is 16.0 Å². The molecule has 7 heteroatoms. The van der Waals surface area contributed by atoms with E-state index in [2.05, 4.69) is 10.1 Å².